The minimum absolute atomic E-state index is 0.180. The highest BCUT2D eigenvalue weighted by Gasteiger charge is 2.72. The largest absolute Gasteiger partial charge is 0.456 e. The molecule has 1 saturated carbocycles. The Hall–Kier alpha value is -1.25. The number of hydrogen-bond donors (Lipinski definition) is 1. The quantitative estimate of drug-likeness (QED) is 0.491. The second-order valence-electron chi connectivity index (χ2n) is 5.05. The van der Waals surface area contributed by atoms with Crippen molar-refractivity contribution in [1.82, 2.24) is 0 Å². The SMILES string of the molecule is C=CC(=O)OC1(CC(O)(C(F)(F)F)C(F)(F)F)CCCC1. The number of esters is 1. The first-order chi connectivity index (χ1) is 9.37. The van der Waals surface area contributed by atoms with E-state index in [-0.39, 0.29) is 12.8 Å². The molecule has 0 saturated heterocycles. The average molecular weight is 320 g/mol. The molecule has 9 heteroatoms. The van der Waals surface area contributed by atoms with Gasteiger partial charge < -0.3 is 9.84 Å². The molecular weight excluding hydrogens is 306 g/mol. The van der Waals surface area contributed by atoms with Crippen molar-refractivity contribution in [3.63, 3.8) is 0 Å². The summed E-state index contributed by atoms with van der Waals surface area (Å²) in [4.78, 5) is 11.2. The molecule has 122 valence electrons. The van der Waals surface area contributed by atoms with Gasteiger partial charge in [0, 0.05) is 12.5 Å². The van der Waals surface area contributed by atoms with E-state index in [1.807, 2.05) is 0 Å². The van der Waals surface area contributed by atoms with Crippen molar-refractivity contribution >= 4 is 5.97 Å². The summed E-state index contributed by atoms with van der Waals surface area (Å²) in [5, 5.41) is 9.23. The van der Waals surface area contributed by atoms with E-state index < -0.39 is 35.9 Å². The van der Waals surface area contributed by atoms with Crippen LogP contribution in [0.5, 0.6) is 0 Å². The maximum absolute atomic E-state index is 12.7. The van der Waals surface area contributed by atoms with E-state index in [1.54, 1.807) is 0 Å². The van der Waals surface area contributed by atoms with E-state index in [1.165, 1.54) is 0 Å². The molecule has 0 atom stereocenters. The Kier molecular flexibility index (Phi) is 4.67. The first kappa shape index (κ1) is 17.8. The van der Waals surface area contributed by atoms with Gasteiger partial charge in [0.25, 0.3) is 5.60 Å². The molecule has 0 aromatic heterocycles. The van der Waals surface area contributed by atoms with Gasteiger partial charge in [-0.3, -0.25) is 0 Å². The standard InChI is InChI=1S/C12H14F6O3/c1-2-8(19)21-9(5-3-4-6-9)7-10(20,11(13,14)15)12(16,17)18/h2,20H,1,3-7H2. The molecule has 1 aliphatic carbocycles. The Morgan fingerprint density at radius 3 is 1.90 bits per heavy atom. The molecule has 0 amide bonds. The van der Waals surface area contributed by atoms with Gasteiger partial charge in [-0.15, -0.1) is 0 Å². The first-order valence-corrected chi connectivity index (χ1v) is 6.08. The van der Waals surface area contributed by atoms with Crippen molar-refractivity contribution in [3.05, 3.63) is 12.7 Å². The number of halogens is 6. The van der Waals surface area contributed by atoms with Crippen LogP contribution in [-0.2, 0) is 9.53 Å². The van der Waals surface area contributed by atoms with E-state index in [4.69, 9.17) is 4.74 Å². The Labute approximate surface area is 116 Å². The fourth-order valence-electron chi connectivity index (χ4n) is 2.42. The van der Waals surface area contributed by atoms with Crippen LogP contribution in [0, 0.1) is 0 Å². The Balaban J connectivity index is 3.15. The zero-order valence-electron chi connectivity index (χ0n) is 10.9. The molecule has 0 unspecified atom stereocenters. The smallest absolute Gasteiger partial charge is 0.426 e. The second kappa shape index (κ2) is 5.51. The molecule has 0 radical (unpaired) electrons. The summed E-state index contributed by atoms with van der Waals surface area (Å²) in [6, 6.07) is 0. The molecule has 0 spiro atoms. The van der Waals surface area contributed by atoms with Gasteiger partial charge in [0.15, 0.2) is 0 Å². The third-order valence-electron chi connectivity index (χ3n) is 3.51. The zero-order chi connectivity index (χ0) is 16.5. The van der Waals surface area contributed by atoms with Gasteiger partial charge >= 0.3 is 18.3 Å². The van der Waals surface area contributed by atoms with Crippen LogP contribution in [0.4, 0.5) is 26.3 Å². The summed E-state index contributed by atoms with van der Waals surface area (Å²) in [6.45, 7) is 3.05. The molecule has 1 N–H and O–H groups in total. The fraction of sp³-hybridized carbons (Fsp3) is 0.750. The molecule has 1 fully saturated rings. The monoisotopic (exact) mass is 320 g/mol. The summed E-state index contributed by atoms with van der Waals surface area (Å²) in [5.41, 5.74) is -6.92. The predicted molar refractivity (Wildman–Crippen MR) is 59.2 cm³/mol. The molecule has 1 rings (SSSR count). The lowest BCUT2D eigenvalue weighted by Crippen LogP contribution is -2.60. The van der Waals surface area contributed by atoms with Crippen molar-refractivity contribution in [1.29, 1.82) is 0 Å². The number of alkyl halides is 6. The van der Waals surface area contributed by atoms with Gasteiger partial charge in [0.05, 0.1) is 0 Å². The van der Waals surface area contributed by atoms with Crippen LogP contribution < -0.4 is 0 Å². The highest BCUT2D eigenvalue weighted by molar-refractivity contribution is 5.81. The third kappa shape index (κ3) is 3.50. The Bertz CT molecular complexity index is 392. The molecule has 0 aromatic rings. The maximum atomic E-state index is 12.7. The van der Waals surface area contributed by atoms with E-state index in [9.17, 15) is 36.2 Å². The summed E-state index contributed by atoms with van der Waals surface area (Å²) >= 11 is 0. The molecule has 0 aliphatic heterocycles. The van der Waals surface area contributed by atoms with Crippen molar-refractivity contribution in [2.75, 3.05) is 0 Å². The van der Waals surface area contributed by atoms with Crippen LogP contribution in [-0.4, -0.2) is 34.6 Å². The molecular formula is C12H14F6O3. The van der Waals surface area contributed by atoms with Crippen LogP contribution in [0.2, 0.25) is 0 Å². The minimum atomic E-state index is -5.93. The van der Waals surface area contributed by atoms with Crippen LogP contribution in [0.25, 0.3) is 0 Å². The molecule has 0 aromatic carbocycles. The maximum Gasteiger partial charge on any atom is 0.426 e. The molecule has 0 heterocycles. The Morgan fingerprint density at radius 2 is 1.57 bits per heavy atom. The fourth-order valence-corrected chi connectivity index (χ4v) is 2.42. The van der Waals surface area contributed by atoms with E-state index in [0.29, 0.717) is 18.9 Å². The summed E-state index contributed by atoms with van der Waals surface area (Å²) < 4.78 is 81.0. The van der Waals surface area contributed by atoms with Gasteiger partial charge in [-0.05, 0) is 25.7 Å². The van der Waals surface area contributed by atoms with E-state index >= 15 is 0 Å². The number of carbonyl (C=O) groups is 1. The first-order valence-electron chi connectivity index (χ1n) is 6.08. The van der Waals surface area contributed by atoms with Gasteiger partial charge in [-0.25, -0.2) is 4.79 Å². The van der Waals surface area contributed by atoms with Gasteiger partial charge in [0.1, 0.15) is 5.60 Å². The summed E-state index contributed by atoms with van der Waals surface area (Å²) in [7, 11) is 0. The van der Waals surface area contributed by atoms with Crippen molar-refractivity contribution in [2.24, 2.45) is 0 Å². The number of carbonyl (C=O) groups excluding carboxylic acids is 1. The lowest BCUT2D eigenvalue weighted by Gasteiger charge is -2.39. The van der Waals surface area contributed by atoms with Gasteiger partial charge in [0.2, 0.25) is 0 Å². The van der Waals surface area contributed by atoms with Crippen molar-refractivity contribution in [2.45, 2.75) is 55.7 Å². The number of ether oxygens (including phenoxy) is 1. The van der Waals surface area contributed by atoms with Crippen molar-refractivity contribution < 1.29 is 41.0 Å². The molecule has 0 bridgehead atoms. The number of rotatable bonds is 4. The highest BCUT2D eigenvalue weighted by Crippen LogP contribution is 2.51. The van der Waals surface area contributed by atoms with Gasteiger partial charge in [-0.2, -0.15) is 26.3 Å². The average Bonchev–Trinajstić information content (AvgIpc) is 2.74. The highest BCUT2D eigenvalue weighted by atomic mass is 19.4. The molecule has 1 aliphatic rings. The Morgan fingerprint density at radius 1 is 1.14 bits per heavy atom. The van der Waals surface area contributed by atoms with Crippen LogP contribution in [0.3, 0.4) is 0 Å². The topological polar surface area (TPSA) is 46.5 Å². The van der Waals surface area contributed by atoms with Crippen molar-refractivity contribution in [3.8, 4) is 0 Å². The summed E-state index contributed by atoms with van der Waals surface area (Å²) in [6.07, 6.45) is -12.7. The number of hydrogen-bond acceptors (Lipinski definition) is 3. The molecule has 3 nitrogen and oxygen atoms in total. The molecule has 21 heavy (non-hydrogen) atoms. The predicted octanol–water partition coefficient (Wildman–Crippen LogP) is 3.27. The van der Waals surface area contributed by atoms with Crippen LogP contribution in [0.15, 0.2) is 12.7 Å². The van der Waals surface area contributed by atoms with E-state index in [2.05, 4.69) is 6.58 Å². The van der Waals surface area contributed by atoms with E-state index in [0.717, 1.165) is 0 Å². The number of aliphatic hydroxyl groups is 1. The third-order valence-corrected chi connectivity index (χ3v) is 3.51. The second-order valence-corrected chi connectivity index (χ2v) is 5.05. The van der Waals surface area contributed by atoms with Gasteiger partial charge in [-0.1, -0.05) is 6.58 Å². The lowest BCUT2D eigenvalue weighted by molar-refractivity contribution is -0.378. The van der Waals surface area contributed by atoms with Crippen LogP contribution >= 0.6 is 0 Å². The van der Waals surface area contributed by atoms with Crippen LogP contribution in [0.1, 0.15) is 32.1 Å². The normalized spacial score (nSPS) is 19.4. The lowest BCUT2D eigenvalue weighted by atomic mass is 9.84. The zero-order valence-corrected chi connectivity index (χ0v) is 10.9. The summed E-state index contributed by atoms with van der Waals surface area (Å²) in [5.74, 6) is -1.12. The minimum Gasteiger partial charge on any atom is -0.456 e.